The number of hydrogen-bond acceptors (Lipinski definition) is 1. The fourth-order valence-electron chi connectivity index (χ4n) is 0.789. The van der Waals surface area contributed by atoms with Crippen LogP contribution >= 0.6 is 0 Å². The molecule has 0 aromatic rings. The highest BCUT2D eigenvalue weighted by atomic mass is 14.7. The minimum atomic E-state index is 0.491. The summed E-state index contributed by atoms with van der Waals surface area (Å²) in [6.45, 7) is 8.43. The maximum Gasteiger partial charge on any atom is 0.0567 e. The SMILES string of the molecule is C=CCN=C/C=C\[C@@H](C)/C=C\C. The minimum absolute atomic E-state index is 0.491. The third-order valence-corrected chi connectivity index (χ3v) is 1.34. The normalized spacial score (nSPS) is 14.8. The van der Waals surface area contributed by atoms with Crippen molar-refractivity contribution in [3.8, 4) is 0 Å². The van der Waals surface area contributed by atoms with Gasteiger partial charge in [-0.3, -0.25) is 4.99 Å². The molecule has 0 saturated carbocycles. The van der Waals surface area contributed by atoms with Crippen LogP contribution < -0.4 is 0 Å². The van der Waals surface area contributed by atoms with Crippen LogP contribution in [-0.4, -0.2) is 12.8 Å². The van der Waals surface area contributed by atoms with E-state index in [0.717, 1.165) is 0 Å². The summed E-state index contributed by atoms with van der Waals surface area (Å²) < 4.78 is 0. The summed E-state index contributed by atoms with van der Waals surface area (Å²) >= 11 is 0. The maximum atomic E-state index is 4.07. The molecule has 0 aromatic heterocycles. The highest BCUT2D eigenvalue weighted by Gasteiger charge is 1.84. The molecule has 1 heteroatoms. The molecule has 0 aliphatic rings. The Morgan fingerprint density at radius 3 is 2.75 bits per heavy atom. The lowest BCUT2D eigenvalue weighted by molar-refractivity contribution is 0.939. The fraction of sp³-hybridized carbons (Fsp3) is 0.364. The Balaban J connectivity index is 3.66. The summed E-state index contributed by atoms with van der Waals surface area (Å²) in [6.07, 6.45) is 11.8. The molecule has 66 valence electrons. The molecule has 12 heavy (non-hydrogen) atoms. The topological polar surface area (TPSA) is 12.4 Å². The molecule has 1 nitrogen and oxygen atoms in total. The molecule has 0 aliphatic heterocycles. The first-order chi connectivity index (χ1) is 5.81. The molecular weight excluding hydrogens is 146 g/mol. The van der Waals surface area contributed by atoms with Crippen LogP contribution in [0.15, 0.2) is 42.0 Å². The summed E-state index contributed by atoms with van der Waals surface area (Å²) in [4.78, 5) is 4.07. The largest absolute Gasteiger partial charge is 0.289 e. The summed E-state index contributed by atoms with van der Waals surface area (Å²) in [7, 11) is 0. The van der Waals surface area contributed by atoms with Crippen molar-refractivity contribution in [3.05, 3.63) is 37.0 Å². The molecule has 0 aliphatic carbocycles. The van der Waals surface area contributed by atoms with E-state index in [-0.39, 0.29) is 0 Å². The van der Waals surface area contributed by atoms with Gasteiger partial charge in [-0.15, -0.1) is 6.58 Å². The van der Waals surface area contributed by atoms with Gasteiger partial charge < -0.3 is 0 Å². The first-order valence-electron chi connectivity index (χ1n) is 4.21. The molecule has 0 spiro atoms. The second-order valence-corrected chi connectivity index (χ2v) is 2.57. The van der Waals surface area contributed by atoms with E-state index < -0.39 is 0 Å². The van der Waals surface area contributed by atoms with Crippen LogP contribution in [0.2, 0.25) is 0 Å². The zero-order valence-electron chi connectivity index (χ0n) is 7.90. The summed E-state index contributed by atoms with van der Waals surface area (Å²) in [5.41, 5.74) is 0. The van der Waals surface area contributed by atoms with Gasteiger partial charge in [0.1, 0.15) is 0 Å². The molecule has 0 radical (unpaired) electrons. The smallest absolute Gasteiger partial charge is 0.0567 e. The lowest BCUT2D eigenvalue weighted by Gasteiger charge is -1.93. The highest BCUT2D eigenvalue weighted by Crippen LogP contribution is 1.97. The van der Waals surface area contributed by atoms with Gasteiger partial charge >= 0.3 is 0 Å². The lowest BCUT2D eigenvalue weighted by atomic mass is 10.1. The van der Waals surface area contributed by atoms with E-state index in [0.29, 0.717) is 12.5 Å². The van der Waals surface area contributed by atoms with Crippen molar-refractivity contribution in [2.45, 2.75) is 13.8 Å². The van der Waals surface area contributed by atoms with Gasteiger partial charge in [0.25, 0.3) is 0 Å². The molecule has 0 rings (SSSR count). The van der Waals surface area contributed by atoms with Gasteiger partial charge in [-0.25, -0.2) is 0 Å². The van der Waals surface area contributed by atoms with Crippen LogP contribution in [0.25, 0.3) is 0 Å². The second kappa shape index (κ2) is 7.99. The van der Waals surface area contributed by atoms with Crippen LogP contribution in [0.5, 0.6) is 0 Å². The van der Waals surface area contributed by atoms with Gasteiger partial charge in [-0.05, 0) is 18.9 Å². The summed E-state index contributed by atoms with van der Waals surface area (Å²) in [6, 6.07) is 0. The Morgan fingerprint density at radius 1 is 1.42 bits per heavy atom. The van der Waals surface area contributed by atoms with E-state index in [2.05, 4.69) is 36.7 Å². The van der Waals surface area contributed by atoms with Crippen molar-refractivity contribution in [3.63, 3.8) is 0 Å². The van der Waals surface area contributed by atoms with E-state index >= 15 is 0 Å². The van der Waals surface area contributed by atoms with Crippen LogP contribution in [-0.2, 0) is 0 Å². The third-order valence-electron chi connectivity index (χ3n) is 1.34. The Kier molecular flexibility index (Phi) is 7.25. The van der Waals surface area contributed by atoms with Crippen LogP contribution in [0.3, 0.4) is 0 Å². The van der Waals surface area contributed by atoms with Crippen molar-refractivity contribution in [2.75, 3.05) is 6.54 Å². The lowest BCUT2D eigenvalue weighted by Crippen LogP contribution is -1.81. The molecular formula is C11H17N. The van der Waals surface area contributed by atoms with Crippen molar-refractivity contribution in [1.82, 2.24) is 0 Å². The van der Waals surface area contributed by atoms with Crippen molar-refractivity contribution >= 4 is 6.21 Å². The van der Waals surface area contributed by atoms with E-state index in [1.165, 1.54) is 0 Å². The molecule has 0 heterocycles. The standard InChI is InChI=1S/C11H17N/c1-4-7-11(3)8-6-10-12-9-5-2/h4-8,10-11H,2,9H2,1,3H3/b7-4-,8-6-,12-10?/t11-/m0/s1. The number of hydrogen-bond donors (Lipinski definition) is 0. The average molecular weight is 163 g/mol. The molecule has 0 aromatic carbocycles. The average Bonchev–Trinajstić information content (AvgIpc) is 2.05. The first kappa shape index (κ1) is 10.9. The number of allylic oxidation sites excluding steroid dienone is 4. The molecule has 0 N–H and O–H groups in total. The quantitative estimate of drug-likeness (QED) is 0.436. The zero-order valence-corrected chi connectivity index (χ0v) is 7.90. The van der Waals surface area contributed by atoms with E-state index in [9.17, 15) is 0 Å². The zero-order chi connectivity index (χ0) is 9.23. The van der Waals surface area contributed by atoms with Gasteiger partial charge in [0.05, 0.1) is 6.54 Å². The monoisotopic (exact) mass is 163 g/mol. The number of nitrogens with zero attached hydrogens (tertiary/aromatic N) is 1. The Bertz CT molecular complexity index is 187. The van der Waals surface area contributed by atoms with Crippen LogP contribution in [0.4, 0.5) is 0 Å². The van der Waals surface area contributed by atoms with E-state index in [4.69, 9.17) is 0 Å². The van der Waals surface area contributed by atoms with E-state index in [1.54, 1.807) is 6.08 Å². The molecule has 1 atom stereocenters. The minimum Gasteiger partial charge on any atom is -0.289 e. The number of rotatable bonds is 5. The molecule has 0 amide bonds. The van der Waals surface area contributed by atoms with E-state index in [1.807, 2.05) is 19.2 Å². The summed E-state index contributed by atoms with van der Waals surface area (Å²) in [5, 5.41) is 0. The predicted molar refractivity (Wildman–Crippen MR) is 56.7 cm³/mol. The van der Waals surface area contributed by atoms with Crippen molar-refractivity contribution < 1.29 is 0 Å². The predicted octanol–water partition coefficient (Wildman–Crippen LogP) is 3.01. The third kappa shape index (κ3) is 7.00. The fourth-order valence-corrected chi connectivity index (χ4v) is 0.789. The highest BCUT2D eigenvalue weighted by molar-refractivity contribution is 5.71. The van der Waals surface area contributed by atoms with Crippen molar-refractivity contribution in [1.29, 1.82) is 0 Å². The molecule has 0 unspecified atom stereocenters. The number of aliphatic imine (C=N–C) groups is 1. The second-order valence-electron chi connectivity index (χ2n) is 2.57. The van der Waals surface area contributed by atoms with Gasteiger partial charge in [-0.1, -0.05) is 31.2 Å². The van der Waals surface area contributed by atoms with Crippen molar-refractivity contribution in [2.24, 2.45) is 10.9 Å². The Hall–Kier alpha value is -1.11. The Labute approximate surface area is 75.2 Å². The maximum absolute atomic E-state index is 4.07. The van der Waals surface area contributed by atoms with Crippen LogP contribution in [0.1, 0.15) is 13.8 Å². The van der Waals surface area contributed by atoms with Gasteiger partial charge in [0.2, 0.25) is 0 Å². The van der Waals surface area contributed by atoms with Gasteiger partial charge in [0.15, 0.2) is 0 Å². The van der Waals surface area contributed by atoms with Gasteiger partial charge in [-0.2, -0.15) is 0 Å². The summed E-state index contributed by atoms with van der Waals surface area (Å²) in [5.74, 6) is 0.491. The molecule has 0 bridgehead atoms. The first-order valence-corrected chi connectivity index (χ1v) is 4.21. The van der Waals surface area contributed by atoms with Gasteiger partial charge in [0, 0.05) is 6.21 Å². The molecule has 0 fully saturated rings. The van der Waals surface area contributed by atoms with Crippen LogP contribution in [0, 0.1) is 5.92 Å². The Morgan fingerprint density at radius 2 is 2.17 bits per heavy atom. The molecule has 0 saturated heterocycles.